The minimum atomic E-state index is -0.106. The number of likely N-dealkylation sites (tertiary alicyclic amines) is 1. The van der Waals surface area contributed by atoms with E-state index in [-0.39, 0.29) is 11.3 Å². The zero-order valence-corrected chi connectivity index (χ0v) is 21.6. The first-order valence-corrected chi connectivity index (χ1v) is 12.8. The van der Waals surface area contributed by atoms with Gasteiger partial charge in [0.1, 0.15) is 5.75 Å². The number of carbonyl (C=O) groups excluding carboxylic acids is 1. The number of rotatable bonds is 8. The van der Waals surface area contributed by atoms with Crippen LogP contribution in [-0.4, -0.2) is 49.0 Å². The van der Waals surface area contributed by atoms with Crippen LogP contribution >= 0.6 is 0 Å². The fourth-order valence-corrected chi connectivity index (χ4v) is 5.42. The lowest BCUT2D eigenvalue weighted by atomic mass is 9.67. The molecule has 0 atom stereocenters. The van der Waals surface area contributed by atoms with Gasteiger partial charge in [-0.3, -0.25) is 9.69 Å². The van der Waals surface area contributed by atoms with Gasteiger partial charge in [0.2, 0.25) is 0 Å². The predicted molar refractivity (Wildman–Crippen MR) is 143 cm³/mol. The summed E-state index contributed by atoms with van der Waals surface area (Å²) in [7, 11) is 1.74. The molecule has 1 aliphatic heterocycles. The molecule has 0 aromatic heterocycles. The van der Waals surface area contributed by atoms with E-state index >= 15 is 0 Å². The number of methoxy groups -OCH3 is 1. The summed E-state index contributed by atoms with van der Waals surface area (Å²) < 4.78 is 5.70. The largest absolute Gasteiger partial charge is 0.496 e. The number of hydrogen-bond donors (Lipinski definition) is 0. The molecular weight excluding hydrogens is 432 g/mol. The normalized spacial score (nSPS) is 15.5. The monoisotopic (exact) mass is 470 g/mol. The Hall–Kier alpha value is -3.11. The second-order valence-corrected chi connectivity index (χ2v) is 9.58. The average Bonchev–Trinajstić information content (AvgIpc) is 2.91. The van der Waals surface area contributed by atoms with Crippen molar-refractivity contribution in [1.29, 1.82) is 0 Å². The minimum absolute atomic E-state index is 0.102. The third kappa shape index (κ3) is 5.28. The standard InChI is InChI=1S/C31H38N2O2/c1-5-33(6-2)30(34)26-13-16-27(17-14-26)31(28-15-12-24(3)29(22-28)35-4)18-20-32(21-19-31)23-25-10-8-7-9-11-25/h7-17,22H,5-6,18-21,23H2,1-4H3. The van der Waals surface area contributed by atoms with Crippen LogP contribution in [0.5, 0.6) is 5.75 Å². The lowest BCUT2D eigenvalue weighted by molar-refractivity contribution is 0.0773. The Balaban J connectivity index is 1.65. The van der Waals surface area contributed by atoms with Gasteiger partial charge in [0, 0.05) is 30.6 Å². The van der Waals surface area contributed by atoms with Gasteiger partial charge in [0.15, 0.2) is 0 Å². The smallest absolute Gasteiger partial charge is 0.253 e. The van der Waals surface area contributed by atoms with Crippen molar-refractivity contribution < 1.29 is 9.53 Å². The molecule has 1 fully saturated rings. The Morgan fingerprint density at radius 3 is 2.14 bits per heavy atom. The van der Waals surface area contributed by atoms with Gasteiger partial charge in [0.05, 0.1) is 7.11 Å². The van der Waals surface area contributed by atoms with Crippen LogP contribution < -0.4 is 4.74 Å². The van der Waals surface area contributed by atoms with Crippen LogP contribution in [0.2, 0.25) is 0 Å². The van der Waals surface area contributed by atoms with E-state index in [0.29, 0.717) is 0 Å². The molecule has 4 rings (SSSR count). The Morgan fingerprint density at radius 1 is 0.914 bits per heavy atom. The first-order valence-electron chi connectivity index (χ1n) is 12.8. The van der Waals surface area contributed by atoms with Crippen LogP contribution in [0.25, 0.3) is 0 Å². The van der Waals surface area contributed by atoms with Crippen LogP contribution in [0.4, 0.5) is 0 Å². The third-order valence-electron chi connectivity index (χ3n) is 7.65. The summed E-state index contributed by atoms with van der Waals surface area (Å²) in [6, 6.07) is 25.7. The van der Waals surface area contributed by atoms with E-state index in [2.05, 4.69) is 72.5 Å². The van der Waals surface area contributed by atoms with E-state index in [9.17, 15) is 4.79 Å². The molecule has 0 aliphatic carbocycles. The molecule has 184 valence electrons. The molecule has 0 spiro atoms. The van der Waals surface area contributed by atoms with Crippen molar-refractivity contribution in [2.75, 3.05) is 33.3 Å². The van der Waals surface area contributed by atoms with Gasteiger partial charge in [-0.05, 0) is 87.2 Å². The molecule has 1 saturated heterocycles. The summed E-state index contributed by atoms with van der Waals surface area (Å²) in [5.41, 5.74) is 5.73. The molecule has 1 aliphatic rings. The number of nitrogens with zero attached hydrogens (tertiary/aromatic N) is 2. The lowest BCUT2D eigenvalue weighted by Crippen LogP contribution is -2.43. The molecule has 35 heavy (non-hydrogen) atoms. The van der Waals surface area contributed by atoms with Crippen molar-refractivity contribution in [2.45, 2.75) is 45.6 Å². The van der Waals surface area contributed by atoms with Crippen molar-refractivity contribution in [3.05, 3.63) is 101 Å². The maximum Gasteiger partial charge on any atom is 0.253 e. The second kappa shape index (κ2) is 11.1. The van der Waals surface area contributed by atoms with E-state index in [1.54, 1.807) is 7.11 Å². The number of ether oxygens (including phenoxy) is 1. The summed E-state index contributed by atoms with van der Waals surface area (Å²) in [6.07, 6.45) is 2.05. The van der Waals surface area contributed by atoms with Crippen LogP contribution in [0, 0.1) is 6.92 Å². The highest BCUT2D eigenvalue weighted by molar-refractivity contribution is 5.94. The van der Waals surface area contributed by atoms with Gasteiger partial charge in [0.25, 0.3) is 5.91 Å². The molecule has 0 radical (unpaired) electrons. The molecule has 0 unspecified atom stereocenters. The zero-order valence-electron chi connectivity index (χ0n) is 21.6. The van der Waals surface area contributed by atoms with E-state index < -0.39 is 0 Å². The van der Waals surface area contributed by atoms with Crippen molar-refractivity contribution in [3.63, 3.8) is 0 Å². The number of carbonyl (C=O) groups is 1. The summed E-state index contributed by atoms with van der Waals surface area (Å²) in [5, 5.41) is 0. The van der Waals surface area contributed by atoms with Crippen LogP contribution in [0.3, 0.4) is 0 Å². The van der Waals surface area contributed by atoms with Crippen molar-refractivity contribution in [2.24, 2.45) is 0 Å². The number of amides is 1. The first-order chi connectivity index (χ1) is 17.0. The van der Waals surface area contributed by atoms with E-state index in [1.807, 2.05) is 30.9 Å². The summed E-state index contributed by atoms with van der Waals surface area (Å²) in [4.78, 5) is 17.3. The number of hydrogen-bond acceptors (Lipinski definition) is 3. The highest BCUT2D eigenvalue weighted by atomic mass is 16.5. The maximum atomic E-state index is 12.9. The fraction of sp³-hybridized carbons (Fsp3) is 0.387. The van der Waals surface area contributed by atoms with E-state index in [1.165, 1.54) is 16.7 Å². The van der Waals surface area contributed by atoms with Gasteiger partial charge in [-0.1, -0.05) is 54.6 Å². The fourth-order valence-electron chi connectivity index (χ4n) is 5.42. The quantitative estimate of drug-likeness (QED) is 0.401. The topological polar surface area (TPSA) is 32.8 Å². The Bertz CT molecular complexity index is 1110. The van der Waals surface area contributed by atoms with Crippen molar-refractivity contribution in [3.8, 4) is 5.75 Å². The summed E-state index contributed by atoms with van der Waals surface area (Å²) in [6.45, 7) is 10.6. The molecule has 0 bridgehead atoms. The highest BCUT2D eigenvalue weighted by Gasteiger charge is 2.38. The van der Waals surface area contributed by atoms with Crippen LogP contribution in [0.1, 0.15) is 59.3 Å². The molecule has 4 nitrogen and oxygen atoms in total. The van der Waals surface area contributed by atoms with Crippen molar-refractivity contribution in [1.82, 2.24) is 9.80 Å². The third-order valence-corrected chi connectivity index (χ3v) is 7.65. The molecule has 0 N–H and O–H groups in total. The van der Waals surface area contributed by atoms with E-state index in [0.717, 1.165) is 62.4 Å². The van der Waals surface area contributed by atoms with Gasteiger partial charge in [-0.25, -0.2) is 0 Å². The molecule has 3 aromatic rings. The van der Waals surface area contributed by atoms with Gasteiger partial charge < -0.3 is 9.64 Å². The lowest BCUT2D eigenvalue weighted by Gasteiger charge is -2.43. The van der Waals surface area contributed by atoms with Crippen LogP contribution in [0.15, 0.2) is 72.8 Å². The highest BCUT2D eigenvalue weighted by Crippen LogP contribution is 2.43. The zero-order chi connectivity index (χ0) is 24.8. The molecule has 4 heteroatoms. The second-order valence-electron chi connectivity index (χ2n) is 9.58. The molecule has 3 aromatic carbocycles. The molecular formula is C31H38N2O2. The van der Waals surface area contributed by atoms with E-state index in [4.69, 9.17) is 4.74 Å². The number of benzene rings is 3. The predicted octanol–water partition coefficient (Wildman–Crippen LogP) is 6.07. The summed E-state index contributed by atoms with van der Waals surface area (Å²) in [5.74, 6) is 1.03. The molecule has 1 amide bonds. The Morgan fingerprint density at radius 2 is 1.54 bits per heavy atom. The van der Waals surface area contributed by atoms with Crippen molar-refractivity contribution >= 4 is 5.91 Å². The Kier molecular flexibility index (Phi) is 7.92. The maximum absolute atomic E-state index is 12.9. The Labute approximate surface area is 210 Å². The van der Waals surface area contributed by atoms with Gasteiger partial charge in [-0.15, -0.1) is 0 Å². The SMILES string of the molecule is CCN(CC)C(=O)c1ccc(C2(c3ccc(C)c(OC)c3)CCN(Cc3ccccc3)CC2)cc1. The first kappa shape index (κ1) is 25.0. The number of piperidine rings is 1. The van der Waals surface area contributed by atoms with Gasteiger partial charge in [-0.2, -0.15) is 0 Å². The average molecular weight is 471 g/mol. The minimum Gasteiger partial charge on any atom is -0.496 e. The van der Waals surface area contributed by atoms with Gasteiger partial charge >= 0.3 is 0 Å². The van der Waals surface area contributed by atoms with Crippen LogP contribution in [-0.2, 0) is 12.0 Å². The number of aryl methyl sites for hydroxylation is 1. The summed E-state index contributed by atoms with van der Waals surface area (Å²) >= 11 is 0. The molecule has 1 heterocycles. The molecule has 0 saturated carbocycles.